The van der Waals surface area contributed by atoms with E-state index in [9.17, 15) is 18.0 Å². The van der Waals surface area contributed by atoms with E-state index in [4.69, 9.17) is 15.9 Å². The van der Waals surface area contributed by atoms with Crippen LogP contribution >= 0.6 is 0 Å². The van der Waals surface area contributed by atoms with Gasteiger partial charge in [-0.05, 0) is 24.3 Å². The Hall–Kier alpha value is -2.45. The highest BCUT2D eigenvalue weighted by molar-refractivity contribution is 5.89. The molecule has 2 amide bonds. The van der Waals surface area contributed by atoms with E-state index < -0.39 is 18.8 Å². The van der Waals surface area contributed by atoms with Crippen molar-refractivity contribution in [2.75, 3.05) is 18.5 Å². The van der Waals surface area contributed by atoms with E-state index >= 15 is 0 Å². The van der Waals surface area contributed by atoms with Crippen molar-refractivity contribution in [1.29, 1.82) is 5.41 Å². The Kier molecular flexibility index (Phi) is 5.18. The first-order chi connectivity index (χ1) is 9.26. The van der Waals surface area contributed by atoms with Gasteiger partial charge < -0.3 is 21.1 Å². The summed E-state index contributed by atoms with van der Waals surface area (Å²) < 4.78 is 40.7. The monoisotopic (exact) mass is 290 g/mol. The molecule has 0 aliphatic carbocycles. The fourth-order valence-corrected chi connectivity index (χ4v) is 1.15. The Morgan fingerprint density at radius 1 is 1.30 bits per heavy atom. The second-order valence-electron chi connectivity index (χ2n) is 3.76. The Labute approximate surface area is 112 Å². The largest absolute Gasteiger partial charge is 0.486 e. The third kappa shape index (κ3) is 6.47. The van der Waals surface area contributed by atoms with E-state index in [1.807, 2.05) is 0 Å². The van der Waals surface area contributed by atoms with Crippen molar-refractivity contribution in [3.63, 3.8) is 0 Å². The molecule has 0 spiro atoms. The van der Waals surface area contributed by atoms with Crippen LogP contribution in [-0.2, 0) is 0 Å². The SMILES string of the molecule is N=C(N)COc1ccc(NC(=O)NCC(F)(F)F)cc1. The molecule has 9 heteroatoms. The molecular formula is C11H13F3N4O2. The van der Waals surface area contributed by atoms with Crippen LogP contribution in [0.5, 0.6) is 5.75 Å². The molecule has 1 rings (SSSR count). The predicted octanol–water partition coefficient (Wildman–Crippen LogP) is 1.69. The second-order valence-corrected chi connectivity index (χ2v) is 3.76. The maximum absolute atomic E-state index is 11.9. The van der Waals surface area contributed by atoms with Gasteiger partial charge in [0, 0.05) is 5.69 Å². The van der Waals surface area contributed by atoms with Gasteiger partial charge in [0.05, 0.1) is 0 Å². The van der Waals surface area contributed by atoms with Crippen LogP contribution in [0.3, 0.4) is 0 Å². The van der Waals surface area contributed by atoms with Gasteiger partial charge in [0.2, 0.25) is 0 Å². The summed E-state index contributed by atoms with van der Waals surface area (Å²) in [4.78, 5) is 11.2. The lowest BCUT2D eigenvalue weighted by Crippen LogP contribution is -2.36. The minimum atomic E-state index is -4.46. The summed E-state index contributed by atoms with van der Waals surface area (Å²) in [6.07, 6.45) is -4.46. The molecule has 0 fully saturated rings. The van der Waals surface area contributed by atoms with Crippen molar-refractivity contribution >= 4 is 17.6 Å². The summed E-state index contributed by atoms with van der Waals surface area (Å²) in [5.74, 6) is 0.278. The fraction of sp³-hybridized carbons (Fsp3) is 0.273. The highest BCUT2D eigenvalue weighted by Crippen LogP contribution is 2.16. The fourth-order valence-electron chi connectivity index (χ4n) is 1.15. The van der Waals surface area contributed by atoms with E-state index in [-0.39, 0.29) is 12.4 Å². The van der Waals surface area contributed by atoms with Crippen molar-refractivity contribution in [2.45, 2.75) is 6.18 Å². The molecule has 110 valence electrons. The number of nitrogens with two attached hydrogens (primary N) is 1. The topological polar surface area (TPSA) is 100 Å². The van der Waals surface area contributed by atoms with Crippen LogP contribution in [-0.4, -0.2) is 31.2 Å². The number of halogens is 3. The van der Waals surface area contributed by atoms with Crippen LogP contribution in [0.25, 0.3) is 0 Å². The molecular weight excluding hydrogens is 277 g/mol. The van der Waals surface area contributed by atoms with Crippen LogP contribution in [0.1, 0.15) is 0 Å². The smallest absolute Gasteiger partial charge is 0.405 e. The molecule has 0 heterocycles. The third-order valence-electron chi connectivity index (χ3n) is 1.96. The molecule has 0 bridgehead atoms. The first-order valence-electron chi connectivity index (χ1n) is 5.43. The average molecular weight is 290 g/mol. The molecule has 0 aliphatic heterocycles. The highest BCUT2D eigenvalue weighted by atomic mass is 19.4. The van der Waals surface area contributed by atoms with Gasteiger partial charge in [-0.3, -0.25) is 5.41 Å². The van der Waals surface area contributed by atoms with Crippen LogP contribution < -0.4 is 21.1 Å². The minimum absolute atomic E-state index is 0.0706. The molecule has 20 heavy (non-hydrogen) atoms. The normalized spacial score (nSPS) is 10.8. The zero-order valence-electron chi connectivity index (χ0n) is 10.3. The Morgan fingerprint density at radius 3 is 2.40 bits per heavy atom. The maximum atomic E-state index is 11.9. The number of alkyl halides is 3. The van der Waals surface area contributed by atoms with Crippen molar-refractivity contribution < 1.29 is 22.7 Å². The second kappa shape index (κ2) is 6.64. The number of amides is 2. The molecule has 0 unspecified atom stereocenters. The zero-order chi connectivity index (χ0) is 15.2. The predicted molar refractivity (Wildman–Crippen MR) is 66.9 cm³/mol. The molecule has 0 saturated heterocycles. The quantitative estimate of drug-likeness (QED) is 0.490. The molecule has 5 N–H and O–H groups in total. The number of benzene rings is 1. The molecule has 1 aromatic carbocycles. The van der Waals surface area contributed by atoms with E-state index in [1.165, 1.54) is 24.3 Å². The average Bonchev–Trinajstić information content (AvgIpc) is 2.35. The Bertz CT molecular complexity index is 474. The van der Waals surface area contributed by atoms with Crippen LogP contribution in [0.2, 0.25) is 0 Å². The lowest BCUT2D eigenvalue weighted by Gasteiger charge is -2.10. The number of carbonyl (C=O) groups excluding carboxylic acids is 1. The number of carbonyl (C=O) groups is 1. The van der Waals surface area contributed by atoms with E-state index in [0.717, 1.165) is 0 Å². The molecule has 0 aromatic heterocycles. The number of ether oxygens (including phenoxy) is 1. The van der Waals surface area contributed by atoms with Gasteiger partial charge in [0.1, 0.15) is 24.7 Å². The first kappa shape index (κ1) is 15.6. The summed E-state index contributed by atoms with van der Waals surface area (Å²) in [5.41, 5.74) is 5.41. The number of hydrogen-bond donors (Lipinski definition) is 4. The molecule has 0 atom stereocenters. The summed E-state index contributed by atoms with van der Waals surface area (Å²) >= 11 is 0. The number of nitrogens with one attached hydrogen (secondary N) is 3. The van der Waals surface area contributed by atoms with Gasteiger partial charge >= 0.3 is 12.2 Å². The minimum Gasteiger partial charge on any atom is -0.486 e. The number of urea groups is 1. The summed E-state index contributed by atoms with van der Waals surface area (Å²) in [5, 5.41) is 10.9. The zero-order valence-corrected chi connectivity index (χ0v) is 10.3. The van der Waals surface area contributed by atoms with Gasteiger partial charge in [0.15, 0.2) is 0 Å². The van der Waals surface area contributed by atoms with Crippen molar-refractivity contribution in [2.24, 2.45) is 5.73 Å². The summed E-state index contributed by atoms with van der Waals surface area (Å²) in [6, 6.07) is 4.91. The molecule has 6 nitrogen and oxygen atoms in total. The standard InChI is InChI=1S/C11H13F3N4O2/c12-11(13,14)6-17-10(19)18-7-1-3-8(4-2-7)20-5-9(15)16/h1-4H,5-6H2,(H3,15,16)(H2,17,18,19). The number of amidine groups is 1. The summed E-state index contributed by atoms with van der Waals surface area (Å²) in [7, 11) is 0. The van der Waals surface area contributed by atoms with Gasteiger partial charge in [-0.15, -0.1) is 0 Å². The highest BCUT2D eigenvalue weighted by Gasteiger charge is 2.27. The lowest BCUT2D eigenvalue weighted by molar-refractivity contribution is -0.122. The molecule has 0 aliphatic rings. The van der Waals surface area contributed by atoms with Gasteiger partial charge in [-0.25, -0.2) is 4.79 Å². The first-order valence-corrected chi connectivity index (χ1v) is 5.43. The van der Waals surface area contributed by atoms with Crippen LogP contribution in [0, 0.1) is 5.41 Å². The number of anilines is 1. The van der Waals surface area contributed by atoms with Gasteiger partial charge in [-0.2, -0.15) is 13.2 Å². The van der Waals surface area contributed by atoms with Crippen molar-refractivity contribution in [1.82, 2.24) is 5.32 Å². The molecule has 0 radical (unpaired) electrons. The number of rotatable bonds is 5. The number of hydrogen-bond acceptors (Lipinski definition) is 3. The van der Waals surface area contributed by atoms with E-state index in [2.05, 4.69) is 5.32 Å². The van der Waals surface area contributed by atoms with Gasteiger partial charge in [-0.1, -0.05) is 0 Å². The van der Waals surface area contributed by atoms with Crippen LogP contribution in [0.15, 0.2) is 24.3 Å². The van der Waals surface area contributed by atoms with Gasteiger partial charge in [0.25, 0.3) is 0 Å². The molecule has 1 aromatic rings. The van der Waals surface area contributed by atoms with Crippen molar-refractivity contribution in [3.8, 4) is 5.75 Å². The maximum Gasteiger partial charge on any atom is 0.405 e. The van der Waals surface area contributed by atoms with E-state index in [1.54, 1.807) is 5.32 Å². The summed E-state index contributed by atoms with van der Waals surface area (Å²) in [6.45, 7) is -1.47. The Morgan fingerprint density at radius 2 is 1.90 bits per heavy atom. The van der Waals surface area contributed by atoms with Crippen LogP contribution in [0.4, 0.5) is 23.7 Å². The third-order valence-corrected chi connectivity index (χ3v) is 1.96. The Balaban J connectivity index is 2.44. The van der Waals surface area contributed by atoms with Crippen molar-refractivity contribution in [3.05, 3.63) is 24.3 Å². The molecule has 0 saturated carbocycles. The lowest BCUT2D eigenvalue weighted by atomic mass is 10.3. The van der Waals surface area contributed by atoms with E-state index in [0.29, 0.717) is 11.4 Å².